The van der Waals surface area contributed by atoms with Gasteiger partial charge < -0.3 is 0 Å². The number of sulfone groups is 1. The number of nitrogens with zero attached hydrogens (tertiary/aromatic N) is 1. The third-order valence-corrected chi connectivity index (χ3v) is 8.11. The highest BCUT2D eigenvalue weighted by molar-refractivity contribution is 7.91. The summed E-state index contributed by atoms with van der Waals surface area (Å²) < 4.78 is 36.8. The third-order valence-electron chi connectivity index (χ3n) is 5.37. The number of hydrazine groups is 1. The highest BCUT2D eigenvalue weighted by Crippen LogP contribution is 2.28. The monoisotopic (exact) mass is 487 g/mol. The largest absolute Gasteiger partial charge is 0.286 e. The van der Waals surface area contributed by atoms with Crippen molar-refractivity contribution in [2.24, 2.45) is 0 Å². The maximum Gasteiger partial charge on any atom is 0.279 e. The molecule has 2 N–H and O–H groups in total. The summed E-state index contributed by atoms with van der Waals surface area (Å²) in [5.74, 6) is -1.30. The Morgan fingerprint density at radius 2 is 1.58 bits per heavy atom. The van der Waals surface area contributed by atoms with Crippen LogP contribution in [0, 0.1) is 5.82 Å². The number of thiophene rings is 1. The Labute approximate surface area is 195 Å². The molecule has 3 aromatic rings. The second-order valence-corrected chi connectivity index (χ2v) is 11.0. The molecule has 2 heterocycles. The molecule has 2 amide bonds. The summed E-state index contributed by atoms with van der Waals surface area (Å²) in [6, 6.07) is 17.7. The molecule has 33 heavy (non-hydrogen) atoms. The molecule has 7 nitrogen and oxygen atoms in total. The molecule has 1 atom stereocenters. The number of carbonyl (C=O) groups excluding carboxylic acids is 2. The summed E-state index contributed by atoms with van der Waals surface area (Å²) in [7, 11) is -3.10. The first-order valence-corrected chi connectivity index (χ1v) is 12.9. The minimum atomic E-state index is -3.10. The first-order chi connectivity index (χ1) is 15.8. The lowest BCUT2D eigenvalue weighted by molar-refractivity contribution is -0.127. The molecule has 4 rings (SSSR count). The lowest BCUT2D eigenvalue weighted by Crippen LogP contribution is -2.51. The highest BCUT2D eigenvalue weighted by atomic mass is 32.2. The van der Waals surface area contributed by atoms with Crippen LogP contribution in [-0.4, -0.2) is 49.7 Å². The summed E-state index contributed by atoms with van der Waals surface area (Å²) in [6.07, 6.45) is 0. The smallest absolute Gasteiger partial charge is 0.279 e. The van der Waals surface area contributed by atoms with Crippen LogP contribution in [0.5, 0.6) is 0 Å². The molecule has 10 heteroatoms. The predicted octanol–water partition coefficient (Wildman–Crippen LogP) is 2.79. The van der Waals surface area contributed by atoms with E-state index in [1.54, 1.807) is 53.4 Å². The molecule has 1 saturated heterocycles. The average molecular weight is 488 g/mol. The Morgan fingerprint density at radius 1 is 0.909 bits per heavy atom. The van der Waals surface area contributed by atoms with E-state index in [1.165, 1.54) is 23.5 Å². The number of carbonyl (C=O) groups is 2. The van der Waals surface area contributed by atoms with Crippen LogP contribution in [0.25, 0.3) is 10.4 Å². The third kappa shape index (κ3) is 5.65. The Balaban J connectivity index is 1.44. The quantitative estimate of drug-likeness (QED) is 0.540. The zero-order valence-corrected chi connectivity index (χ0v) is 19.2. The molecule has 2 aromatic carbocycles. The van der Waals surface area contributed by atoms with Crippen molar-refractivity contribution in [1.82, 2.24) is 15.8 Å². The average Bonchev–Trinajstić information content (AvgIpc) is 3.30. The van der Waals surface area contributed by atoms with Gasteiger partial charge in [-0.1, -0.05) is 42.5 Å². The van der Waals surface area contributed by atoms with Crippen molar-refractivity contribution in [3.63, 3.8) is 0 Å². The van der Waals surface area contributed by atoms with Gasteiger partial charge in [0, 0.05) is 18.0 Å². The van der Waals surface area contributed by atoms with Crippen LogP contribution in [0.2, 0.25) is 0 Å². The Morgan fingerprint density at radius 3 is 2.24 bits per heavy atom. The molecule has 1 fully saturated rings. The number of halogens is 1. The van der Waals surface area contributed by atoms with Crippen molar-refractivity contribution < 1.29 is 22.4 Å². The first kappa shape index (κ1) is 23.1. The topological polar surface area (TPSA) is 95.6 Å². The summed E-state index contributed by atoms with van der Waals surface area (Å²) in [4.78, 5) is 28.6. The molecule has 172 valence electrons. The van der Waals surface area contributed by atoms with E-state index in [0.717, 1.165) is 10.4 Å². The normalized spacial score (nSPS) is 16.6. The van der Waals surface area contributed by atoms with Crippen molar-refractivity contribution in [3.8, 4) is 10.4 Å². The van der Waals surface area contributed by atoms with Gasteiger partial charge in [0.05, 0.1) is 16.4 Å². The van der Waals surface area contributed by atoms with Crippen molar-refractivity contribution in [1.29, 1.82) is 0 Å². The van der Waals surface area contributed by atoms with Gasteiger partial charge in [-0.3, -0.25) is 25.3 Å². The van der Waals surface area contributed by atoms with Crippen molar-refractivity contribution >= 4 is 33.0 Å². The van der Waals surface area contributed by atoms with E-state index in [1.807, 2.05) is 6.07 Å². The fourth-order valence-electron chi connectivity index (χ4n) is 3.63. The summed E-state index contributed by atoms with van der Waals surface area (Å²) in [6.45, 7) is 0.463. The zero-order valence-electron chi connectivity index (χ0n) is 17.5. The molecule has 0 radical (unpaired) electrons. The molecule has 0 aliphatic carbocycles. The van der Waals surface area contributed by atoms with Gasteiger partial charge in [0.25, 0.3) is 11.8 Å². The van der Waals surface area contributed by atoms with Crippen molar-refractivity contribution in [3.05, 3.63) is 83.0 Å². The Kier molecular flexibility index (Phi) is 6.87. The predicted molar refractivity (Wildman–Crippen MR) is 125 cm³/mol. The van der Waals surface area contributed by atoms with Crippen LogP contribution in [0.4, 0.5) is 4.39 Å². The number of rotatable bonds is 5. The van der Waals surface area contributed by atoms with Gasteiger partial charge in [0.1, 0.15) is 11.9 Å². The van der Waals surface area contributed by atoms with Gasteiger partial charge in [-0.2, -0.15) is 0 Å². The fraction of sp³-hybridized carbons (Fsp3) is 0.217. The second kappa shape index (κ2) is 9.82. The molecule has 1 aromatic heterocycles. The molecule has 0 bridgehead atoms. The van der Waals surface area contributed by atoms with Crippen LogP contribution < -0.4 is 10.9 Å². The van der Waals surface area contributed by atoms with Gasteiger partial charge >= 0.3 is 0 Å². The van der Waals surface area contributed by atoms with Crippen LogP contribution in [0.1, 0.15) is 21.3 Å². The molecule has 1 aliphatic rings. The zero-order chi connectivity index (χ0) is 23.4. The standard InChI is InChI=1S/C23H22FN3O4S2/c24-18-8-6-16(7-9-18)19-10-11-20(32-19)22(28)25-26-23(29)21(17-4-2-1-3-5-17)27-12-14-33(30,31)15-13-27/h1-11,21H,12-15H2,(H,25,28)(H,26,29). The fourth-order valence-corrected chi connectivity index (χ4v) is 5.76. The number of nitrogens with one attached hydrogen (secondary N) is 2. The van der Waals surface area contributed by atoms with Gasteiger partial charge in [-0.25, -0.2) is 12.8 Å². The Hall–Kier alpha value is -3.08. The first-order valence-electron chi connectivity index (χ1n) is 10.3. The second-order valence-electron chi connectivity index (χ2n) is 7.62. The van der Waals surface area contributed by atoms with E-state index < -0.39 is 27.7 Å². The maximum absolute atomic E-state index is 13.1. The van der Waals surface area contributed by atoms with Gasteiger partial charge in [-0.05, 0) is 35.4 Å². The highest BCUT2D eigenvalue weighted by Gasteiger charge is 2.32. The number of amides is 2. The molecule has 0 spiro atoms. The van der Waals surface area contributed by atoms with Crippen LogP contribution in [0.15, 0.2) is 66.7 Å². The number of hydrogen-bond donors (Lipinski definition) is 2. The molecule has 0 saturated carbocycles. The Bertz CT molecular complexity index is 1230. The molecular formula is C23H22FN3O4S2. The van der Waals surface area contributed by atoms with Gasteiger partial charge in [0.15, 0.2) is 9.84 Å². The molecule has 1 aliphatic heterocycles. The van der Waals surface area contributed by atoms with E-state index >= 15 is 0 Å². The maximum atomic E-state index is 13.1. The van der Waals surface area contributed by atoms with Gasteiger partial charge in [-0.15, -0.1) is 11.3 Å². The van der Waals surface area contributed by atoms with Crippen molar-refractivity contribution in [2.45, 2.75) is 6.04 Å². The molecular weight excluding hydrogens is 465 g/mol. The number of benzene rings is 2. The van der Waals surface area contributed by atoms with E-state index in [2.05, 4.69) is 10.9 Å². The summed E-state index contributed by atoms with van der Waals surface area (Å²) in [5.41, 5.74) is 6.42. The number of hydrogen-bond acceptors (Lipinski definition) is 6. The van der Waals surface area contributed by atoms with E-state index in [-0.39, 0.29) is 30.4 Å². The minimum absolute atomic E-state index is 0.0165. The SMILES string of the molecule is O=C(NNC(=O)C(c1ccccc1)N1CCS(=O)(=O)CC1)c1ccc(-c2ccc(F)cc2)s1. The van der Waals surface area contributed by atoms with E-state index in [4.69, 9.17) is 0 Å². The van der Waals surface area contributed by atoms with E-state index in [9.17, 15) is 22.4 Å². The lowest BCUT2D eigenvalue weighted by atomic mass is 10.0. The van der Waals surface area contributed by atoms with Gasteiger partial charge in [0.2, 0.25) is 0 Å². The van der Waals surface area contributed by atoms with E-state index in [0.29, 0.717) is 10.4 Å². The summed E-state index contributed by atoms with van der Waals surface area (Å²) >= 11 is 1.22. The summed E-state index contributed by atoms with van der Waals surface area (Å²) in [5, 5.41) is 0. The van der Waals surface area contributed by atoms with Crippen LogP contribution >= 0.6 is 11.3 Å². The lowest BCUT2D eigenvalue weighted by Gasteiger charge is -2.33. The van der Waals surface area contributed by atoms with Crippen LogP contribution in [-0.2, 0) is 14.6 Å². The van der Waals surface area contributed by atoms with Crippen LogP contribution in [0.3, 0.4) is 0 Å². The van der Waals surface area contributed by atoms with Crippen molar-refractivity contribution in [2.75, 3.05) is 24.6 Å². The molecule has 1 unspecified atom stereocenters. The minimum Gasteiger partial charge on any atom is -0.286 e.